The molecule has 228 valence electrons. The number of anilines is 4. The maximum Gasteiger partial charge on any atom is 0.421 e. The third-order valence-electron chi connectivity index (χ3n) is 5.55. The van der Waals surface area contributed by atoms with Gasteiger partial charge in [0.15, 0.2) is 0 Å². The molecule has 13 heteroatoms. The number of hydrogen-bond donors (Lipinski definition) is 2. The summed E-state index contributed by atoms with van der Waals surface area (Å²) in [4.78, 5) is 19.6. The number of ether oxygens (including phenoxy) is 3. The van der Waals surface area contributed by atoms with E-state index in [1.54, 1.807) is 45.0 Å². The van der Waals surface area contributed by atoms with Crippen molar-refractivity contribution in [2.45, 2.75) is 45.5 Å². The number of hydrogen-bond acceptors (Lipinski definition) is 10. The SMILES string of the molecule is CSN(C)c1cccc(CNc2nc(Nc3ccc(OCCCOCC(=O)OC(C)(C)C)cc3)ncc2C(F)(F)F)c1. The molecule has 3 rings (SSSR count). The lowest BCUT2D eigenvalue weighted by Gasteiger charge is -2.19. The van der Waals surface area contributed by atoms with Gasteiger partial charge in [-0.2, -0.15) is 18.2 Å². The molecule has 1 heterocycles. The Balaban J connectivity index is 1.54. The summed E-state index contributed by atoms with van der Waals surface area (Å²) in [6.07, 6.45) is -1.36. The summed E-state index contributed by atoms with van der Waals surface area (Å²) in [5.74, 6) is -0.136. The largest absolute Gasteiger partial charge is 0.494 e. The fourth-order valence-corrected chi connectivity index (χ4v) is 3.90. The predicted octanol–water partition coefficient (Wildman–Crippen LogP) is 6.69. The van der Waals surface area contributed by atoms with Gasteiger partial charge in [-0.05, 0) is 62.7 Å². The molecule has 42 heavy (non-hydrogen) atoms. The molecule has 0 aliphatic carbocycles. The van der Waals surface area contributed by atoms with Crippen LogP contribution in [-0.2, 0) is 27.0 Å². The van der Waals surface area contributed by atoms with Gasteiger partial charge >= 0.3 is 12.1 Å². The summed E-state index contributed by atoms with van der Waals surface area (Å²) in [6, 6.07) is 14.3. The zero-order valence-electron chi connectivity index (χ0n) is 24.2. The highest BCUT2D eigenvalue weighted by atomic mass is 32.2. The van der Waals surface area contributed by atoms with Crippen molar-refractivity contribution in [2.24, 2.45) is 0 Å². The number of carbonyl (C=O) groups is 1. The Bertz CT molecular complexity index is 1300. The molecular weight excluding hydrogens is 571 g/mol. The zero-order chi connectivity index (χ0) is 30.8. The van der Waals surface area contributed by atoms with Crippen molar-refractivity contribution < 1.29 is 32.2 Å². The van der Waals surface area contributed by atoms with Gasteiger partial charge in [0, 0.05) is 43.8 Å². The standard InChI is InChI=1S/C29H36F3N5O4S/c1-28(2,3)41-25(38)19-39-14-7-15-40-23-12-10-21(11-13-23)35-27-34-18-24(29(30,31)32)26(36-27)33-17-20-8-6-9-22(16-20)37(4)42-5/h6,8-13,16,18H,7,14-15,17,19H2,1-5H3,(H2,33,34,35,36). The van der Waals surface area contributed by atoms with Crippen LogP contribution in [-0.4, -0.2) is 54.7 Å². The second kappa shape index (κ2) is 15.0. The van der Waals surface area contributed by atoms with Gasteiger partial charge in [-0.25, -0.2) is 9.78 Å². The molecule has 9 nitrogen and oxygen atoms in total. The molecule has 0 spiro atoms. The third kappa shape index (κ3) is 10.9. The Morgan fingerprint density at radius 2 is 1.81 bits per heavy atom. The van der Waals surface area contributed by atoms with Crippen LogP contribution in [0.15, 0.2) is 54.7 Å². The highest BCUT2D eigenvalue weighted by molar-refractivity contribution is 7.99. The third-order valence-corrected chi connectivity index (χ3v) is 6.31. The number of nitrogens with zero attached hydrogens (tertiary/aromatic N) is 3. The van der Waals surface area contributed by atoms with E-state index in [9.17, 15) is 18.0 Å². The van der Waals surface area contributed by atoms with E-state index >= 15 is 0 Å². The molecule has 3 aromatic rings. The number of benzene rings is 2. The molecule has 0 saturated carbocycles. The van der Waals surface area contributed by atoms with Crippen molar-refractivity contribution in [2.75, 3.05) is 48.1 Å². The minimum absolute atomic E-state index is 0.0113. The Morgan fingerprint density at radius 3 is 2.48 bits per heavy atom. The van der Waals surface area contributed by atoms with E-state index in [1.807, 2.05) is 41.9 Å². The monoisotopic (exact) mass is 607 g/mol. The highest BCUT2D eigenvalue weighted by Gasteiger charge is 2.35. The summed E-state index contributed by atoms with van der Waals surface area (Å²) in [6.45, 7) is 6.10. The molecule has 0 saturated heterocycles. The number of carbonyl (C=O) groups excluding carboxylic acids is 1. The topological polar surface area (TPSA) is 97.8 Å². The lowest BCUT2D eigenvalue weighted by molar-refractivity contribution is -0.160. The van der Waals surface area contributed by atoms with Gasteiger partial charge in [-0.1, -0.05) is 24.1 Å². The maximum atomic E-state index is 13.7. The van der Waals surface area contributed by atoms with Crippen LogP contribution in [0, 0.1) is 0 Å². The first-order chi connectivity index (χ1) is 19.8. The van der Waals surface area contributed by atoms with Crippen molar-refractivity contribution in [3.05, 3.63) is 65.9 Å². The van der Waals surface area contributed by atoms with Crippen LogP contribution in [0.4, 0.5) is 36.3 Å². The summed E-state index contributed by atoms with van der Waals surface area (Å²) >= 11 is 1.53. The smallest absolute Gasteiger partial charge is 0.421 e. The lowest BCUT2D eigenvalue weighted by atomic mass is 10.2. The molecule has 0 unspecified atom stereocenters. The van der Waals surface area contributed by atoms with E-state index < -0.39 is 23.3 Å². The molecular formula is C29H36F3N5O4S. The molecule has 0 aliphatic rings. The number of nitrogens with one attached hydrogen (secondary N) is 2. The molecule has 2 N–H and O–H groups in total. The minimum atomic E-state index is -4.62. The van der Waals surface area contributed by atoms with Gasteiger partial charge in [0.1, 0.15) is 29.3 Å². The molecule has 0 radical (unpaired) electrons. The summed E-state index contributed by atoms with van der Waals surface area (Å²) in [7, 11) is 1.91. The van der Waals surface area contributed by atoms with Gasteiger partial charge in [-0.3, -0.25) is 0 Å². The average molecular weight is 608 g/mol. The highest BCUT2D eigenvalue weighted by Crippen LogP contribution is 2.34. The van der Waals surface area contributed by atoms with E-state index in [0.29, 0.717) is 31.1 Å². The quantitative estimate of drug-likeness (QED) is 0.117. The summed E-state index contributed by atoms with van der Waals surface area (Å²) in [5, 5.41) is 5.75. The van der Waals surface area contributed by atoms with E-state index in [0.717, 1.165) is 17.4 Å². The van der Waals surface area contributed by atoms with Crippen molar-refractivity contribution in [3.8, 4) is 5.75 Å². The first-order valence-electron chi connectivity index (χ1n) is 13.2. The first kappa shape index (κ1) is 32.8. The van der Waals surface area contributed by atoms with Crippen molar-refractivity contribution in [3.63, 3.8) is 0 Å². The number of alkyl halides is 3. The van der Waals surface area contributed by atoms with Gasteiger partial charge in [0.2, 0.25) is 5.95 Å². The normalized spacial score (nSPS) is 11.6. The second-order valence-electron chi connectivity index (χ2n) is 10.1. The lowest BCUT2D eigenvalue weighted by Crippen LogP contribution is -2.26. The van der Waals surface area contributed by atoms with Crippen LogP contribution < -0.4 is 19.7 Å². The average Bonchev–Trinajstić information content (AvgIpc) is 2.93. The van der Waals surface area contributed by atoms with Gasteiger partial charge < -0.3 is 29.1 Å². The van der Waals surface area contributed by atoms with Crippen LogP contribution in [0.25, 0.3) is 0 Å². The molecule has 0 aliphatic heterocycles. The number of aromatic nitrogens is 2. The van der Waals surface area contributed by atoms with Crippen LogP contribution in [0.3, 0.4) is 0 Å². The Labute approximate surface area is 248 Å². The van der Waals surface area contributed by atoms with Gasteiger partial charge in [-0.15, -0.1) is 0 Å². The summed E-state index contributed by atoms with van der Waals surface area (Å²) in [5.41, 5.74) is 0.799. The second-order valence-corrected chi connectivity index (χ2v) is 11.1. The van der Waals surface area contributed by atoms with E-state index in [4.69, 9.17) is 14.2 Å². The van der Waals surface area contributed by atoms with Crippen molar-refractivity contribution in [1.29, 1.82) is 0 Å². The minimum Gasteiger partial charge on any atom is -0.494 e. The maximum absolute atomic E-state index is 13.7. The molecule has 2 aromatic carbocycles. The Kier molecular flexibility index (Phi) is 11.7. The van der Waals surface area contributed by atoms with Crippen LogP contribution in [0.2, 0.25) is 0 Å². The Morgan fingerprint density at radius 1 is 1.07 bits per heavy atom. The molecule has 0 amide bonds. The van der Waals surface area contributed by atoms with Crippen LogP contribution in [0.1, 0.15) is 38.3 Å². The van der Waals surface area contributed by atoms with E-state index in [1.165, 1.54) is 11.9 Å². The number of esters is 1. The summed E-state index contributed by atoms with van der Waals surface area (Å²) < 4.78 is 59.1. The molecule has 1 aromatic heterocycles. The fraction of sp³-hybridized carbons (Fsp3) is 0.414. The van der Waals surface area contributed by atoms with Crippen molar-refractivity contribution in [1.82, 2.24) is 9.97 Å². The van der Waals surface area contributed by atoms with Crippen molar-refractivity contribution >= 4 is 41.1 Å². The molecule has 0 fully saturated rings. The fourth-order valence-electron chi connectivity index (χ4n) is 3.58. The number of halogens is 3. The van der Waals surface area contributed by atoms with E-state index in [2.05, 4.69) is 20.6 Å². The van der Waals surface area contributed by atoms with Crippen LogP contribution >= 0.6 is 11.9 Å². The van der Waals surface area contributed by atoms with Gasteiger partial charge in [0.25, 0.3) is 0 Å². The first-order valence-corrected chi connectivity index (χ1v) is 14.4. The zero-order valence-corrected chi connectivity index (χ0v) is 25.1. The molecule has 0 atom stereocenters. The van der Waals surface area contributed by atoms with Crippen LogP contribution in [0.5, 0.6) is 5.75 Å². The Hall–Kier alpha value is -3.71. The number of rotatable bonds is 14. The molecule has 0 bridgehead atoms. The van der Waals surface area contributed by atoms with Gasteiger partial charge in [0.05, 0.1) is 13.2 Å². The predicted molar refractivity (Wildman–Crippen MR) is 159 cm³/mol. The van der Waals surface area contributed by atoms with E-state index in [-0.39, 0.29) is 24.9 Å².